The molecule has 1 aromatic carbocycles. The van der Waals surface area contributed by atoms with Crippen molar-refractivity contribution >= 4 is 23.7 Å². The molecule has 0 atom stereocenters. The first-order valence-electron chi connectivity index (χ1n) is 3.00. The van der Waals surface area contributed by atoms with Gasteiger partial charge >= 0.3 is 0 Å². The first-order valence-corrected chi connectivity index (χ1v) is 3.38. The zero-order valence-corrected chi connectivity index (χ0v) is 6.53. The van der Waals surface area contributed by atoms with Crippen LogP contribution in [0, 0.1) is 11.6 Å². The average Bonchev–Trinajstić information content (AvgIpc) is 2.06. The monoisotopic (exact) mass is 191 g/mol. The molecule has 0 aliphatic heterocycles. The highest BCUT2D eigenvalue weighted by atomic mass is 35.5. The van der Waals surface area contributed by atoms with Crippen LogP contribution in [0.5, 0.6) is 0 Å². The van der Waals surface area contributed by atoms with E-state index in [4.69, 9.17) is 11.6 Å². The van der Waals surface area contributed by atoms with E-state index in [9.17, 15) is 13.6 Å². The van der Waals surface area contributed by atoms with Crippen molar-refractivity contribution in [3.05, 3.63) is 28.8 Å². The van der Waals surface area contributed by atoms with E-state index in [1.807, 2.05) is 5.32 Å². The second kappa shape index (κ2) is 3.49. The van der Waals surface area contributed by atoms with Gasteiger partial charge in [0, 0.05) is 0 Å². The number of amides is 1. The van der Waals surface area contributed by atoms with E-state index in [0.29, 0.717) is 0 Å². The summed E-state index contributed by atoms with van der Waals surface area (Å²) in [5, 5.41) is 1.92. The van der Waals surface area contributed by atoms with E-state index in [2.05, 4.69) is 0 Å². The van der Waals surface area contributed by atoms with Crippen molar-refractivity contribution in [1.82, 2.24) is 0 Å². The predicted molar refractivity (Wildman–Crippen MR) is 41.1 cm³/mol. The Hall–Kier alpha value is -1.16. The number of halogens is 3. The van der Waals surface area contributed by atoms with Crippen molar-refractivity contribution in [2.75, 3.05) is 5.32 Å². The minimum absolute atomic E-state index is 0.0407. The highest BCUT2D eigenvalue weighted by molar-refractivity contribution is 6.33. The molecule has 1 N–H and O–H groups in total. The molecular weight excluding hydrogens is 188 g/mol. The molecule has 2 nitrogen and oxygen atoms in total. The number of nitrogens with one attached hydrogen (secondary N) is 1. The van der Waals surface area contributed by atoms with Crippen LogP contribution in [0.2, 0.25) is 5.02 Å². The van der Waals surface area contributed by atoms with Crippen LogP contribution in [0.3, 0.4) is 0 Å². The van der Waals surface area contributed by atoms with Gasteiger partial charge in [0.05, 0.1) is 10.7 Å². The fourth-order valence-electron chi connectivity index (χ4n) is 0.718. The van der Waals surface area contributed by atoms with Crippen molar-refractivity contribution in [2.24, 2.45) is 0 Å². The summed E-state index contributed by atoms with van der Waals surface area (Å²) in [5.74, 6) is -2.21. The van der Waals surface area contributed by atoms with E-state index in [0.717, 1.165) is 12.1 Å². The zero-order chi connectivity index (χ0) is 9.14. The minimum Gasteiger partial charge on any atom is -0.325 e. The molecule has 0 aromatic heterocycles. The summed E-state index contributed by atoms with van der Waals surface area (Å²) in [6, 6.07) is 2.04. The van der Waals surface area contributed by atoms with Gasteiger partial charge in [0.25, 0.3) is 0 Å². The van der Waals surface area contributed by atoms with Crippen LogP contribution < -0.4 is 5.32 Å². The Labute approximate surface area is 72.1 Å². The van der Waals surface area contributed by atoms with Crippen LogP contribution in [-0.4, -0.2) is 6.41 Å². The Morgan fingerprint density at radius 3 is 2.67 bits per heavy atom. The van der Waals surface area contributed by atoms with Crippen LogP contribution in [-0.2, 0) is 4.79 Å². The number of rotatable bonds is 2. The van der Waals surface area contributed by atoms with Gasteiger partial charge in [-0.25, -0.2) is 8.78 Å². The molecule has 0 unspecified atom stereocenters. The maximum absolute atomic E-state index is 12.8. The SMILES string of the molecule is O=CNc1c(Cl)ccc(F)c1F. The van der Waals surface area contributed by atoms with Crippen molar-refractivity contribution in [2.45, 2.75) is 0 Å². The third-order valence-corrected chi connectivity index (χ3v) is 1.56. The molecule has 0 spiro atoms. The van der Waals surface area contributed by atoms with Gasteiger partial charge in [-0.15, -0.1) is 0 Å². The molecule has 0 saturated heterocycles. The standard InChI is InChI=1S/C7H4ClF2NO/c8-4-1-2-5(9)6(10)7(4)11-3-12/h1-3H,(H,11,12). The van der Waals surface area contributed by atoms with Gasteiger partial charge in [0.2, 0.25) is 6.41 Å². The van der Waals surface area contributed by atoms with Gasteiger partial charge in [-0.3, -0.25) is 4.79 Å². The predicted octanol–water partition coefficient (Wildman–Crippen LogP) is 2.19. The number of hydrogen-bond acceptors (Lipinski definition) is 1. The van der Waals surface area contributed by atoms with E-state index in [1.54, 1.807) is 0 Å². The second-order valence-corrected chi connectivity index (χ2v) is 2.39. The highest BCUT2D eigenvalue weighted by Crippen LogP contribution is 2.25. The Morgan fingerprint density at radius 2 is 2.08 bits per heavy atom. The average molecular weight is 192 g/mol. The van der Waals surface area contributed by atoms with Gasteiger partial charge in [-0.2, -0.15) is 0 Å². The Bertz CT molecular complexity index is 317. The number of carbonyl (C=O) groups excluding carboxylic acids is 1. The van der Waals surface area contributed by atoms with Crippen LogP contribution >= 0.6 is 11.6 Å². The number of hydrogen-bond donors (Lipinski definition) is 1. The third-order valence-electron chi connectivity index (χ3n) is 1.25. The normalized spacial score (nSPS) is 9.58. The Morgan fingerprint density at radius 1 is 1.42 bits per heavy atom. The lowest BCUT2D eigenvalue weighted by Gasteiger charge is -2.03. The summed E-state index contributed by atoms with van der Waals surface area (Å²) in [5.41, 5.74) is -0.341. The lowest BCUT2D eigenvalue weighted by atomic mass is 10.3. The summed E-state index contributed by atoms with van der Waals surface area (Å²) in [6.45, 7) is 0. The summed E-state index contributed by atoms with van der Waals surface area (Å²) in [4.78, 5) is 9.93. The molecule has 0 heterocycles. The van der Waals surface area contributed by atoms with Crippen LogP contribution in [0.25, 0.3) is 0 Å². The maximum atomic E-state index is 12.8. The van der Waals surface area contributed by atoms with E-state index >= 15 is 0 Å². The number of anilines is 1. The molecule has 0 saturated carbocycles. The Balaban J connectivity index is 3.22. The number of benzene rings is 1. The first-order chi connectivity index (χ1) is 5.66. The van der Waals surface area contributed by atoms with Gasteiger partial charge in [-0.05, 0) is 12.1 Å². The minimum atomic E-state index is -1.16. The lowest BCUT2D eigenvalue weighted by molar-refractivity contribution is -0.105. The summed E-state index contributed by atoms with van der Waals surface area (Å²) < 4.78 is 25.3. The van der Waals surface area contributed by atoms with Crippen LogP contribution in [0.1, 0.15) is 0 Å². The number of carbonyl (C=O) groups is 1. The molecule has 1 amide bonds. The first kappa shape index (κ1) is 8.93. The largest absolute Gasteiger partial charge is 0.325 e. The van der Waals surface area contributed by atoms with Gasteiger partial charge in [-0.1, -0.05) is 11.6 Å². The lowest BCUT2D eigenvalue weighted by Crippen LogP contribution is -1.99. The molecule has 0 aliphatic carbocycles. The zero-order valence-electron chi connectivity index (χ0n) is 5.77. The topological polar surface area (TPSA) is 29.1 Å². The molecule has 0 aliphatic rings. The van der Waals surface area contributed by atoms with Crippen molar-refractivity contribution in [3.8, 4) is 0 Å². The summed E-state index contributed by atoms with van der Waals surface area (Å²) in [6.07, 6.45) is 0.226. The van der Waals surface area contributed by atoms with E-state index in [-0.39, 0.29) is 17.1 Å². The van der Waals surface area contributed by atoms with Gasteiger partial charge < -0.3 is 5.32 Å². The molecule has 5 heteroatoms. The molecule has 12 heavy (non-hydrogen) atoms. The molecule has 1 rings (SSSR count). The van der Waals surface area contributed by atoms with E-state index in [1.165, 1.54) is 0 Å². The third kappa shape index (κ3) is 1.53. The second-order valence-electron chi connectivity index (χ2n) is 1.98. The maximum Gasteiger partial charge on any atom is 0.211 e. The van der Waals surface area contributed by atoms with Crippen molar-refractivity contribution < 1.29 is 13.6 Å². The molecule has 0 bridgehead atoms. The summed E-state index contributed by atoms with van der Waals surface area (Å²) >= 11 is 5.45. The molecule has 0 fully saturated rings. The van der Waals surface area contributed by atoms with E-state index < -0.39 is 11.6 Å². The van der Waals surface area contributed by atoms with Crippen molar-refractivity contribution in [3.63, 3.8) is 0 Å². The fourth-order valence-corrected chi connectivity index (χ4v) is 0.919. The Kier molecular flexibility index (Phi) is 2.60. The summed E-state index contributed by atoms with van der Waals surface area (Å²) in [7, 11) is 0. The molecular formula is C7H4ClF2NO. The van der Waals surface area contributed by atoms with Gasteiger partial charge in [0.15, 0.2) is 11.6 Å². The van der Waals surface area contributed by atoms with Crippen molar-refractivity contribution in [1.29, 1.82) is 0 Å². The molecule has 0 radical (unpaired) electrons. The quantitative estimate of drug-likeness (QED) is 0.564. The van der Waals surface area contributed by atoms with Crippen LogP contribution in [0.4, 0.5) is 14.5 Å². The van der Waals surface area contributed by atoms with Gasteiger partial charge in [0.1, 0.15) is 0 Å². The fraction of sp³-hybridized carbons (Fsp3) is 0. The smallest absolute Gasteiger partial charge is 0.211 e. The van der Waals surface area contributed by atoms with Crippen LogP contribution in [0.15, 0.2) is 12.1 Å². The molecule has 64 valence electrons. The molecule has 1 aromatic rings. The highest BCUT2D eigenvalue weighted by Gasteiger charge is 2.10.